The lowest BCUT2D eigenvalue weighted by molar-refractivity contribution is -0.0300. The average Bonchev–Trinajstić information content (AvgIpc) is 2.94. The fraction of sp³-hybridized carbons (Fsp3) is 0.345. The van der Waals surface area contributed by atoms with E-state index in [2.05, 4.69) is 5.32 Å². The number of hydrogen-bond donors (Lipinski definition) is 1. The van der Waals surface area contributed by atoms with E-state index in [1.807, 2.05) is 6.07 Å². The molecule has 0 bridgehead atoms. The van der Waals surface area contributed by atoms with Gasteiger partial charge in [0.2, 0.25) is 13.6 Å². The van der Waals surface area contributed by atoms with Gasteiger partial charge in [-0.3, -0.25) is 22.7 Å². The molecule has 3 aromatic rings. The van der Waals surface area contributed by atoms with Gasteiger partial charge < -0.3 is 24.3 Å². The van der Waals surface area contributed by atoms with Crippen molar-refractivity contribution < 1.29 is 46.9 Å². The molecule has 0 aliphatic heterocycles. The zero-order chi connectivity index (χ0) is 33.1. The number of halogens is 2. The van der Waals surface area contributed by atoms with Gasteiger partial charge in [-0.2, -0.15) is 0 Å². The molecular weight excluding hydrogens is 670 g/mol. The largest absolute Gasteiger partial charge is 0.510 e. The molecular formula is C29H33Cl2N2O10PS. The molecule has 16 heteroatoms. The Morgan fingerprint density at radius 2 is 1.44 bits per heavy atom. The third-order valence-electron chi connectivity index (χ3n) is 5.49. The van der Waals surface area contributed by atoms with Gasteiger partial charge in [-0.05, 0) is 86.8 Å². The van der Waals surface area contributed by atoms with Gasteiger partial charge in [0.1, 0.15) is 6.29 Å². The van der Waals surface area contributed by atoms with E-state index in [4.69, 9.17) is 51.2 Å². The summed E-state index contributed by atoms with van der Waals surface area (Å²) in [5.74, 6) is -0.258. The number of ether oxygens (including phenoxy) is 4. The first-order chi connectivity index (χ1) is 21.3. The summed E-state index contributed by atoms with van der Waals surface area (Å²) in [5, 5.41) is 4.74. The molecule has 1 N–H and O–H groups in total. The van der Waals surface area contributed by atoms with E-state index < -0.39 is 52.0 Å². The maximum atomic E-state index is 14.1. The third-order valence-corrected chi connectivity index (χ3v) is 8.75. The first kappa shape index (κ1) is 36.3. The van der Waals surface area contributed by atoms with Crippen LogP contribution in [0.4, 0.5) is 15.3 Å². The van der Waals surface area contributed by atoms with Crippen LogP contribution in [-0.2, 0) is 32.6 Å². The highest BCUT2D eigenvalue weighted by Crippen LogP contribution is 2.51. The topological polar surface area (TPSA) is 139 Å². The molecule has 0 spiro atoms. The van der Waals surface area contributed by atoms with E-state index in [9.17, 15) is 18.9 Å². The Kier molecular flexibility index (Phi) is 13.6. The summed E-state index contributed by atoms with van der Waals surface area (Å²) in [7, 11) is -2.72. The van der Waals surface area contributed by atoms with E-state index in [1.54, 1.807) is 87.6 Å². The van der Waals surface area contributed by atoms with Crippen molar-refractivity contribution in [2.45, 2.75) is 44.8 Å². The molecule has 0 aliphatic carbocycles. The fourth-order valence-corrected chi connectivity index (χ4v) is 6.96. The Morgan fingerprint density at radius 3 is 1.98 bits per heavy atom. The van der Waals surface area contributed by atoms with Gasteiger partial charge in [0, 0.05) is 33.2 Å². The normalized spacial score (nSPS) is 11.4. The number of rotatable bonds is 14. The maximum absolute atomic E-state index is 14.1. The van der Waals surface area contributed by atoms with Gasteiger partial charge in [-0.15, -0.1) is 0 Å². The van der Waals surface area contributed by atoms with Crippen molar-refractivity contribution >= 4 is 77.4 Å². The lowest BCUT2D eigenvalue weighted by Gasteiger charge is -2.28. The Balaban J connectivity index is 1.97. The van der Waals surface area contributed by atoms with E-state index >= 15 is 0 Å². The smallest absolute Gasteiger partial charge is 0.432 e. The first-order valence-electron chi connectivity index (χ1n) is 13.5. The highest BCUT2D eigenvalue weighted by atomic mass is 35.5. The molecule has 0 radical (unpaired) electrons. The molecule has 0 saturated heterocycles. The predicted molar refractivity (Wildman–Crippen MR) is 172 cm³/mol. The fourth-order valence-electron chi connectivity index (χ4n) is 3.67. The van der Waals surface area contributed by atoms with E-state index in [0.29, 0.717) is 37.0 Å². The van der Waals surface area contributed by atoms with Gasteiger partial charge in [0.15, 0.2) is 0 Å². The lowest BCUT2D eigenvalue weighted by Crippen LogP contribution is -2.22. The lowest BCUT2D eigenvalue weighted by atomic mass is 10.0. The molecule has 0 atom stereocenters. The van der Waals surface area contributed by atoms with Crippen molar-refractivity contribution in [1.82, 2.24) is 5.32 Å². The van der Waals surface area contributed by atoms with E-state index in [-0.39, 0.29) is 5.91 Å². The second-order valence-electron chi connectivity index (χ2n) is 9.73. The molecule has 3 rings (SSSR count). The minimum absolute atomic E-state index is 0.258. The number of benzene rings is 3. The number of hydrogen-bond acceptors (Lipinski definition) is 12. The van der Waals surface area contributed by atoms with Crippen molar-refractivity contribution in [3.05, 3.63) is 70.2 Å². The summed E-state index contributed by atoms with van der Waals surface area (Å²) in [6.07, 6.45) is -3.47. The summed E-state index contributed by atoms with van der Waals surface area (Å²) >= 11 is 13.6. The Labute approximate surface area is 275 Å². The third kappa shape index (κ3) is 11.6. The molecule has 244 valence electrons. The quantitative estimate of drug-likeness (QED) is 0.0749. The van der Waals surface area contributed by atoms with Crippen LogP contribution in [0.15, 0.2) is 59.5 Å². The zero-order valence-electron chi connectivity index (χ0n) is 25.1. The second-order valence-corrected chi connectivity index (χ2v) is 13.7. The number of carbonyl (C=O) groups is 3. The molecule has 45 heavy (non-hydrogen) atoms. The van der Waals surface area contributed by atoms with Gasteiger partial charge >= 0.3 is 19.9 Å². The molecule has 0 unspecified atom stereocenters. The number of fused-ring (bicyclic) bond motifs is 1. The van der Waals surface area contributed by atoms with Gasteiger partial charge in [-0.25, -0.2) is 9.59 Å². The molecule has 1 amide bonds. The zero-order valence-corrected chi connectivity index (χ0v) is 28.3. The van der Waals surface area contributed by atoms with Crippen molar-refractivity contribution in [2.75, 3.05) is 31.2 Å². The number of carbonyl (C=O) groups excluding carboxylic acids is 3. The highest BCUT2D eigenvalue weighted by molar-refractivity contribution is 8.01. The summed E-state index contributed by atoms with van der Waals surface area (Å²) in [6.45, 7) is 4.91. The predicted octanol–water partition coefficient (Wildman–Crippen LogP) is 8.24. The Bertz CT molecular complexity index is 1510. The second kappa shape index (κ2) is 16.9. The SMILES string of the molecule is CNC(=O)c1cccc2cc(N(CP(=O)(OCOC(=O)OC(C)C)OCOC(=O)OC(C)C)Sc3cc(Cl)cc(Cl)c3)ccc12. The molecule has 0 aliphatic rings. The molecule has 0 heterocycles. The minimum Gasteiger partial charge on any atom is -0.432 e. The van der Waals surface area contributed by atoms with Crippen molar-refractivity contribution in [2.24, 2.45) is 0 Å². The maximum Gasteiger partial charge on any atom is 0.510 e. The van der Waals surface area contributed by atoms with Crippen LogP contribution in [0.25, 0.3) is 10.8 Å². The summed E-state index contributed by atoms with van der Waals surface area (Å²) in [4.78, 5) is 36.8. The van der Waals surface area contributed by atoms with Crippen LogP contribution in [0.3, 0.4) is 0 Å². The van der Waals surface area contributed by atoms with Crippen LogP contribution in [0.5, 0.6) is 0 Å². The molecule has 0 saturated carbocycles. The van der Waals surface area contributed by atoms with Crippen molar-refractivity contribution in [1.29, 1.82) is 0 Å². The van der Waals surface area contributed by atoms with Crippen LogP contribution < -0.4 is 9.62 Å². The first-order valence-corrected chi connectivity index (χ1v) is 16.8. The van der Waals surface area contributed by atoms with Gasteiger partial charge in [0.25, 0.3) is 5.91 Å². The molecule has 0 aromatic heterocycles. The van der Waals surface area contributed by atoms with Gasteiger partial charge in [0.05, 0.1) is 12.2 Å². The Hall–Kier alpha value is -3.19. The Morgan fingerprint density at radius 1 is 0.867 bits per heavy atom. The van der Waals surface area contributed by atoms with Crippen molar-refractivity contribution in [3.8, 4) is 0 Å². The summed E-state index contributed by atoms with van der Waals surface area (Å²) in [6, 6.07) is 15.4. The van der Waals surface area contributed by atoms with Crippen molar-refractivity contribution in [3.63, 3.8) is 0 Å². The molecule has 3 aromatic carbocycles. The molecule has 12 nitrogen and oxygen atoms in total. The van der Waals surface area contributed by atoms with E-state index in [1.165, 1.54) is 0 Å². The van der Waals surface area contributed by atoms with Crippen LogP contribution in [0.1, 0.15) is 38.1 Å². The highest BCUT2D eigenvalue weighted by Gasteiger charge is 2.32. The number of nitrogens with one attached hydrogen (secondary N) is 1. The summed E-state index contributed by atoms with van der Waals surface area (Å²) < 4.78 is 46.2. The average molecular weight is 704 g/mol. The standard InChI is InChI=1S/C29H33Cl2N2O10PS/c1-18(2)42-28(35)38-16-40-44(37,41-17-39-29(36)43-19(3)4)15-33(45-24-13-21(30)12-22(31)14-24)23-9-10-25-20(11-23)7-6-8-26(25)27(34)32-5/h6-14,18-19H,15-17H2,1-5H3,(H,32,34). The van der Waals surface area contributed by atoms with Crippen LogP contribution in [-0.4, -0.2) is 57.3 Å². The van der Waals surface area contributed by atoms with Crippen LogP contribution in [0, 0.1) is 0 Å². The van der Waals surface area contributed by atoms with Crippen LogP contribution >= 0.6 is 42.7 Å². The monoisotopic (exact) mass is 702 g/mol. The number of amides is 1. The number of anilines is 1. The summed E-state index contributed by atoms with van der Waals surface area (Å²) in [5.41, 5.74) is 0.987. The molecule has 0 fully saturated rings. The van der Waals surface area contributed by atoms with E-state index in [0.717, 1.165) is 11.9 Å². The number of nitrogens with zero attached hydrogens (tertiary/aromatic N) is 1. The minimum atomic E-state index is -4.26. The van der Waals surface area contributed by atoms with Gasteiger partial charge in [-0.1, -0.05) is 41.4 Å². The van der Waals surface area contributed by atoms with Crippen LogP contribution in [0.2, 0.25) is 10.0 Å².